The van der Waals surface area contributed by atoms with Crippen molar-refractivity contribution in [2.75, 3.05) is 46.2 Å². The molecule has 1 atom stereocenters. The number of ether oxygens (including phenoxy) is 3. The van der Waals surface area contributed by atoms with Gasteiger partial charge in [0, 0.05) is 26.2 Å². The number of hydrogen-bond donors (Lipinski definition) is 1. The van der Waals surface area contributed by atoms with Gasteiger partial charge in [-0.15, -0.1) is 0 Å². The number of rotatable bonds is 5. The summed E-state index contributed by atoms with van der Waals surface area (Å²) in [5.41, 5.74) is 0.838. The molecule has 1 aromatic rings. The monoisotopic (exact) mass is 374 g/mol. The molecule has 1 fully saturated rings. The van der Waals surface area contributed by atoms with Crippen LogP contribution in [0.15, 0.2) is 29.5 Å². The number of morpholine rings is 1. The van der Waals surface area contributed by atoms with Crippen LogP contribution in [-0.4, -0.2) is 72.8 Å². The van der Waals surface area contributed by atoms with Crippen LogP contribution in [0.25, 0.3) is 0 Å². The van der Waals surface area contributed by atoms with Crippen LogP contribution in [0.1, 0.15) is 18.5 Å². The Morgan fingerprint density at radius 1 is 1.19 bits per heavy atom. The molecule has 0 saturated carbocycles. The fourth-order valence-electron chi connectivity index (χ4n) is 3.75. The maximum absolute atomic E-state index is 12.7. The zero-order valence-corrected chi connectivity index (χ0v) is 15.1. The third kappa shape index (κ3) is 3.26. The highest BCUT2D eigenvalue weighted by Gasteiger charge is 2.42. The summed E-state index contributed by atoms with van der Waals surface area (Å²) in [5.74, 6) is -0.108. The van der Waals surface area contributed by atoms with Gasteiger partial charge in [0.15, 0.2) is 23.0 Å². The second-order valence-electron chi connectivity index (χ2n) is 6.79. The summed E-state index contributed by atoms with van der Waals surface area (Å²) in [6.07, 6.45) is 0. The Kier molecular flexibility index (Phi) is 4.75. The van der Waals surface area contributed by atoms with E-state index in [1.807, 2.05) is 0 Å². The first-order valence-corrected chi connectivity index (χ1v) is 9.01. The van der Waals surface area contributed by atoms with Crippen LogP contribution in [0.2, 0.25) is 0 Å². The number of amides is 1. The van der Waals surface area contributed by atoms with Crippen molar-refractivity contribution >= 4 is 11.7 Å². The molecule has 1 saturated heterocycles. The predicted octanol–water partition coefficient (Wildman–Crippen LogP) is 1.03. The Balaban J connectivity index is 1.62. The number of fused-ring (bicyclic) bond motifs is 1. The molecular weight excluding hydrogens is 352 g/mol. The number of ketones is 1. The van der Waals surface area contributed by atoms with E-state index in [-0.39, 0.29) is 18.1 Å². The third-order valence-corrected chi connectivity index (χ3v) is 5.16. The first-order valence-electron chi connectivity index (χ1n) is 9.01. The minimum absolute atomic E-state index is 0.126. The van der Waals surface area contributed by atoms with Gasteiger partial charge in [0.2, 0.25) is 6.79 Å². The van der Waals surface area contributed by atoms with Gasteiger partial charge in [-0.3, -0.25) is 14.5 Å². The number of aliphatic hydroxyl groups is 1. The SMILES string of the molecule is CC(=O)C1=C(O)C(=O)N(CCN2CCOCC2)C1c1ccc2c(c1)OCO2. The van der Waals surface area contributed by atoms with E-state index in [9.17, 15) is 14.7 Å². The molecular formula is C19H22N2O6. The Labute approximate surface area is 156 Å². The first kappa shape index (κ1) is 17.8. The summed E-state index contributed by atoms with van der Waals surface area (Å²) in [4.78, 5) is 28.6. The lowest BCUT2D eigenvalue weighted by Crippen LogP contribution is -2.43. The average Bonchev–Trinajstić information content (AvgIpc) is 3.23. The quantitative estimate of drug-likeness (QED) is 0.823. The van der Waals surface area contributed by atoms with Crippen LogP contribution in [0.4, 0.5) is 0 Å². The van der Waals surface area contributed by atoms with Crippen LogP contribution in [0.5, 0.6) is 11.5 Å². The number of nitrogens with zero attached hydrogens (tertiary/aromatic N) is 2. The molecule has 8 nitrogen and oxygen atoms in total. The van der Waals surface area contributed by atoms with Crippen LogP contribution >= 0.6 is 0 Å². The number of carbonyl (C=O) groups excluding carboxylic acids is 2. The smallest absolute Gasteiger partial charge is 0.290 e. The largest absolute Gasteiger partial charge is 0.503 e. The van der Waals surface area contributed by atoms with Gasteiger partial charge >= 0.3 is 0 Å². The topological polar surface area (TPSA) is 88.5 Å². The third-order valence-electron chi connectivity index (χ3n) is 5.16. The van der Waals surface area contributed by atoms with Crippen molar-refractivity contribution in [2.24, 2.45) is 0 Å². The summed E-state index contributed by atoms with van der Waals surface area (Å²) in [7, 11) is 0. The number of aliphatic hydroxyl groups excluding tert-OH is 1. The number of hydrogen-bond acceptors (Lipinski definition) is 7. The van der Waals surface area contributed by atoms with Crippen molar-refractivity contribution in [3.63, 3.8) is 0 Å². The van der Waals surface area contributed by atoms with Crippen molar-refractivity contribution in [2.45, 2.75) is 13.0 Å². The molecule has 3 aliphatic heterocycles. The van der Waals surface area contributed by atoms with E-state index in [1.165, 1.54) is 6.92 Å². The molecule has 1 aromatic carbocycles. The second kappa shape index (κ2) is 7.21. The molecule has 0 aliphatic carbocycles. The molecule has 0 bridgehead atoms. The molecule has 1 unspecified atom stereocenters. The predicted molar refractivity (Wildman–Crippen MR) is 94.6 cm³/mol. The van der Waals surface area contributed by atoms with E-state index in [4.69, 9.17) is 14.2 Å². The average molecular weight is 374 g/mol. The van der Waals surface area contributed by atoms with Crippen molar-refractivity contribution < 1.29 is 28.9 Å². The van der Waals surface area contributed by atoms with Gasteiger partial charge in [-0.25, -0.2) is 0 Å². The van der Waals surface area contributed by atoms with E-state index in [2.05, 4.69) is 4.90 Å². The minimum Gasteiger partial charge on any atom is -0.503 e. The molecule has 4 rings (SSSR count). The van der Waals surface area contributed by atoms with E-state index in [0.29, 0.717) is 43.4 Å². The maximum atomic E-state index is 12.7. The zero-order chi connectivity index (χ0) is 19.0. The Bertz CT molecular complexity index is 799. The lowest BCUT2D eigenvalue weighted by atomic mass is 9.96. The molecule has 8 heteroatoms. The molecule has 3 heterocycles. The molecule has 0 radical (unpaired) electrons. The number of Topliss-reactive ketones (excluding diaryl/α,β-unsaturated/α-hetero) is 1. The number of benzene rings is 1. The molecule has 0 spiro atoms. The van der Waals surface area contributed by atoms with Crippen LogP contribution < -0.4 is 9.47 Å². The van der Waals surface area contributed by atoms with Crippen LogP contribution in [0.3, 0.4) is 0 Å². The fraction of sp³-hybridized carbons (Fsp3) is 0.474. The van der Waals surface area contributed by atoms with Crippen molar-refractivity contribution in [1.82, 2.24) is 9.80 Å². The maximum Gasteiger partial charge on any atom is 0.290 e. The van der Waals surface area contributed by atoms with Crippen molar-refractivity contribution in [3.05, 3.63) is 35.1 Å². The molecule has 1 N–H and O–H groups in total. The molecule has 3 aliphatic rings. The Morgan fingerprint density at radius 3 is 2.67 bits per heavy atom. The van der Waals surface area contributed by atoms with Gasteiger partial charge in [0.1, 0.15) is 0 Å². The molecule has 27 heavy (non-hydrogen) atoms. The summed E-state index contributed by atoms with van der Waals surface area (Å²) in [5, 5.41) is 10.3. The van der Waals surface area contributed by atoms with E-state index in [1.54, 1.807) is 23.1 Å². The summed E-state index contributed by atoms with van der Waals surface area (Å²) >= 11 is 0. The molecule has 144 valence electrons. The minimum atomic E-state index is -0.634. The van der Waals surface area contributed by atoms with Gasteiger partial charge in [0.25, 0.3) is 5.91 Å². The van der Waals surface area contributed by atoms with E-state index >= 15 is 0 Å². The molecule has 0 aromatic heterocycles. The fourth-order valence-corrected chi connectivity index (χ4v) is 3.75. The summed E-state index contributed by atoms with van der Waals surface area (Å²) < 4.78 is 16.1. The van der Waals surface area contributed by atoms with Crippen molar-refractivity contribution in [1.29, 1.82) is 0 Å². The van der Waals surface area contributed by atoms with Crippen molar-refractivity contribution in [3.8, 4) is 11.5 Å². The normalized spacial score (nSPS) is 22.6. The van der Waals surface area contributed by atoms with Gasteiger partial charge < -0.3 is 24.2 Å². The highest BCUT2D eigenvalue weighted by Crippen LogP contribution is 2.41. The Morgan fingerprint density at radius 2 is 1.93 bits per heavy atom. The van der Waals surface area contributed by atoms with Gasteiger partial charge in [0.05, 0.1) is 24.8 Å². The van der Waals surface area contributed by atoms with Crippen LogP contribution in [-0.2, 0) is 14.3 Å². The first-order chi connectivity index (χ1) is 13.1. The summed E-state index contributed by atoms with van der Waals surface area (Å²) in [6, 6.07) is 4.69. The lowest BCUT2D eigenvalue weighted by molar-refractivity contribution is -0.129. The lowest BCUT2D eigenvalue weighted by Gasteiger charge is -2.31. The number of carbonyl (C=O) groups is 2. The highest BCUT2D eigenvalue weighted by molar-refractivity contribution is 6.08. The standard InChI is InChI=1S/C19H22N2O6/c1-12(22)16-17(13-2-3-14-15(10-13)27-11-26-14)21(19(24)18(16)23)5-4-20-6-8-25-9-7-20/h2-3,10,17,23H,4-9,11H2,1H3. The summed E-state index contributed by atoms with van der Waals surface area (Å²) in [6.45, 7) is 5.50. The van der Waals surface area contributed by atoms with Gasteiger partial charge in [-0.1, -0.05) is 6.07 Å². The van der Waals surface area contributed by atoms with E-state index < -0.39 is 17.7 Å². The Hall–Kier alpha value is -2.58. The highest BCUT2D eigenvalue weighted by atomic mass is 16.7. The van der Waals surface area contributed by atoms with Gasteiger partial charge in [-0.05, 0) is 24.6 Å². The second-order valence-corrected chi connectivity index (χ2v) is 6.79. The van der Waals surface area contributed by atoms with E-state index in [0.717, 1.165) is 13.1 Å². The van der Waals surface area contributed by atoms with Gasteiger partial charge in [-0.2, -0.15) is 0 Å². The zero-order valence-electron chi connectivity index (χ0n) is 15.1. The molecule has 1 amide bonds. The van der Waals surface area contributed by atoms with Crippen LogP contribution in [0, 0.1) is 0 Å².